The summed E-state index contributed by atoms with van der Waals surface area (Å²) in [6, 6.07) is 5.66. The maximum absolute atomic E-state index is 10.5. The fraction of sp³-hybridized carbons (Fsp3) is 0.500. The minimum absolute atomic E-state index is 0.317. The first kappa shape index (κ1) is 11.1. The van der Waals surface area contributed by atoms with Crippen LogP contribution < -0.4 is 4.89 Å². The lowest BCUT2D eigenvalue weighted by Crippen LogP contribution is -2.01. The molecule has 0 aromatic heterocycles. The van der Waals surface area contributed by atoms with Crippen molar-refractivity contribution in [3.63, 3.8) is 0 Å². The van der Waals surface area contributed by atoms with Crippen molar-refractivity contribution < 1.29 is 10.1 Å². The van der Waals surface area contributed by atoms with E-state index in [-0.39, 0.29) is 0 Å². The van der Waals surface area contributed by atoms with Gasteiger partial charge in [-0.05, 0) is 23.5 Å². The van der Waals surface area contributed by atoms with Gasteiger partial charge in [0.15, 0.2) is 5.75 Å². The molecule has 0 atom stereocenters. The molecule has 0 aliphatic carbocycles. The molecule has 0 saturated carbocycles. The van der Waals surface area contributed by atoms with Gasteiger partial charge in [-0.25, -0.2) is 0 Å². The summed E-state index contributed by atoms with van der Waals surface area (Å²) in [4.78, 5) is 4.15. The average molecular weight is 193 g/mol. The second kappa shape index (κ2) is 4.47. The van der Waals surface area contributed by atoms with E-state index < -0.39 is 0 Å². The van der Waals surface area contributed by atoms with Crippen LogP contribution in [0.4, 0.5) is 0 Å². The number of hydrogen-bond donors (Lipinski definition) is 0. The number of rotatable bonds is 3. The molecule has 1 rings (SSSR count). The molecule has 14 heavy (non-hydrogen) atoms. The van der Waals surface area contributed by atoms with Crippen molar-refractivity contribution in [2.75, 3.05) is 0 Å². The first-order valence-electron chi connectivity index (χ1n) is 5.00. The van der Waals surface area contributed by atoms with Crippen LogP contribution in [-0.2, 0) is 5.26 Å². The largest absolute Gasteiger partial charge is 0.305 e. The van der Waals surface area contributed by atoms with Gasteiger partial charge in [0, 0.05) is 10.8 Å². The third kappa shape index (κ3) is 2.07. The summed E-state index contributed by atoms with van der Waals surface area (Å²) < 4.78 is 0. The van der Waals surface area contributed by atoms with Gasteiger partial charge in [-0.15, -0.1) is 0 Å². The molecule has 0 heterocycles. The molecule has 1 aromatic carbocycles. The van der Waals surface area contributed by atoms with Crippen LogP contribution in [0.2, 0.25) is 0 Å². The van der Waals surface area contributed by atoms with E-state index in [9.17, 15) is 5.26 Å². The van der Waals surface area contributed by atoms with Crippen LogP contribution in [-0.4, -0.2) is 0 Å². The molecule has 0 amide bonds. The first-order valence-corrected chi connectivity index (χ1v) is 5.00. The van der Waals surface area contributed by atoms with Gasteiger partial charge < -0.3 is 4.89 Å². The van der Waals surface area contributed by atoms with Gasteiger partial charge in [-0.1, -0.05) is 39.8 Å². The molecule has 0 N–H and O–H groups in total. The number of hydrogen-bond acceptors (Lipinski definition) is 1. The lowest BCUT2D eigenvalue weighted by atomic mass is 9.90. The lowest BCUT2D eigenvalue weighted by Gasteiger charge is -2.17. The molecule has 0 unspecified atom stereocenters. The van der Waals surface area contributed by atoms with Gasteiger partial charge in [0.25, 0.3) is 0 Å². The number of benzene rings is 1. The zero-order valence-corrected chi connectivity index (χ0v) is 9.20. The van der Waals surface area contributed by atoms with Crippen LogP contribution >= 0.6 is 0 Å². The summed E-state index contributed by atoms with van der Waals surface area (Å²) in [6.07, 6.45) is 0. The second-order valence-corrected chi connectivity index (χ2v) is 4.15. The molecule has 77 valence electrons. The molecule has 0 bridgehead atoms. The van der Waals surface area contributed by atoms with Crippen LogP contribution in [0.15, 0.2) is 18.2 Å². The van der Waals surface area contributed by atoms with Crippen molar-refractivity contribution >= 4 is 0 Å². The predicted molar refractivity (Wildman–Crippen MR) is 55.9 cm³/mol. The summed E-state index contributed by atoms with van der Waals surface area (Å²) in [5, 5.41) is 10.5. The molecule has 1 radical (unpaired) electrons. The topological polar surface area (TPSA) is 29.1 Å². The van der Waals surface area contributed by atoms with Crippen molar-refractivity contribution in [3.05, 3.63) is 29.3 Å². The highest BCUT2D eigenvalue weighted by atomic mass is 17.1. The quantitative estimate of drug-likeness (QED) is 0.532. The van der Waals surface area contributed by atoms with Crippen molar-refractivity contribution in [2.24, 2.45) is 0 Å². The van der Waals surface area contributed by atoms with Gasteiger partial charge >= 0.3 is 0 Å². The van der Waals surface area contributed by atoms with E-state index in [1.807, 2.05) is 6.07 Å². The first-order chi connectivity index (χ1) is 6.57. The van der Waals surface area contributed by atoms with Crippen LogP contribution in [0.5, 0.6) is 5.75 Å². The smallest absolute Gasteiger partial charge is 0.172 e. The third-order valence-electron chi connectivity index (χ3n) is 2.39. The Morgan fingerprint density at radius 2 is 1.71 bits per heavy atom. The molecule has 2 nitrogen and oxygen atoms in total. The van der Waals surface area contributed by atoms with E-state index in [0.29, 0.717) is 17.6 Å². The molecule has 0 spiro atoms. The highest BCUT2D eigenvalue weighted by Crippen LogP contribution is 2.33. The highest BCUT2D eigenvalue weighted by molar-refractivity contribution is 5.43. The fourth-order valence-corrected chi connectivity index (χ4v) is 1.75. The predicted octanol–water partition coefficient (Wildman–Crippen LogP) is 3.66. The van der Waals surface area contributed by atoms with E-state index in [0.717, 1.165) is 5.56 Å². The zero-order chi connectivity index (χ0) is 10.7. The summed E-state index contributed by atoms with van der Waals surface area (Å²) in [7, 11) is 0. The van der Waals surface area contributed by atoms with E-state index >= 15 is 0 Å². The van der Waals surface area contributed by atoms with Gasteiger partial charge in [0.05, 0.1) is 0 Å². The minimum atomic E-state index is 0.317. The van der Waals surface area contributed by atoms with Crippen LogP contribution in [0.3, 0.4) is 0 Å². The van der Waals surface area contributed by atoms with E-state index in [2.05, 4.69) is 38.6 Å². The van der Waals surface area contributed by atoms with Crippen LogP contribution in [0, 0.1) is 0 Å². The molecule has 2 heteroatoms. The Kier molecular flexibility index (Phi) is 3.53. The van der Waals surface area contributed by atoms with Crippen molar-refractivity contribution in [1.82, 2.24) is 0 Å². The van der Waals surface area contributed by atoms with Gasteiger partial charge in [-0.3, -0.25) is 0 Å². The maximum atomic E-state index is 10.5. The van der Waals surface area contributed by atoms with Crippen LogP contribution in [0.25, 0.3) is 0 Å². The monoisotopic (exact) mass is 193 g/mol. The van der Waals surface area contributed by atoms with Crippen LogP contribution in [0.1, 0.15) is 50.7 Å². The van der Waals surface area contributed by atoms with Gasteiger partial charge in [-0.2, -0.15) is 0 Å². The summed E-state index contributed by atoms with van der Waals surface area (Å²) in [6.45, 7) is 8.39. The van der Waals surface area contributed by atoms with E-state index in [4.69, 9.17) is 0 Å². The summed E-state index contributed by atoms with van der Waals surface area (Å²) in [5.41, 5.74) is 2.24. The standard InChI is InChI=1S/C12H17O2/c1-8(2)10-6-5-7-11(14-13)12(10)9(3)4/h5-9H,1-4H3. The Balaban J connectivity index is 3.28. The second-order valence-electron chi connectivity index (χ2n) is 4.15. The van der Waals surface area contributed by atoms with E-state index in [1.165, 1.54) is 5.56 Å². The zero-order valence-electron chi connectivity index (χ0n) is 9.20. The Hall–Kier alpha value is -1.02. The normalized spacial score (nSPS) is 11.1. The molecular formula is C12H17O2. The van der Waals surface area contributed by atoms with Gasteiger partial charge in [0.1, 0.15) is 0 Å². The summed E-state index contributed by atoms with van der Waals surface area (Å²) >= 11 is 0. The van der Waals surface area contributed by atoms with Crippen molar-refractivity contribution in [1.29, 1.82) is 0 Å². The summed E-state index contributed by atoms with van der Waals surface area (Å²) in [5.74, 6) is 1.20. The lowest BCUT2D eigenvalue weighted by molar-refractivity contribution is -0.209. The minimum Gasteiger partial charge on any atom is -0.305 e. The average Bonchev–Trinajstić information content (AvgIpc) is 2.16. The fourth-order valence-electron chi connectivity index (χ4n) is 1.75. The molecule has 0 aliphatic rings. The SMILES string of the molecule is CC(C)c1cccc(O[O])c1C(C)C. The molecule has 0 saturated heterocycles. The molecule has 1 aromatic rings. The Labute approximate surface area is 85.5 Å². The molecule has 0 fully saturated rings. The van der Waals surface area contributed by atoms with E-state index in [1.54, 1.807) is 6.07 Å². The Bertz CT molecular complexity index is 303. The maximum Gasteiger partial charge on any atom is 0.172 e. The molecular weight excluding hydrogens is 176 g/mol. The Morgan fingerprint density at radius 1 is 1.07 bits per heavy atom. The highest BCUT2D eigenvalue weighted by Gasteiger charge is 2.15. The Morgan fingerprint density at radius 3 is 2.14 bits per heavy atom. The van der Waals surface area contributed by atoms with Gasteiger partial charge in [0.2, 0.25) is 0 Å². The van der Waals surface area contributed by atoms with Crippen molar-refractivity contribution in [2.45, 2.75) is 39.5 Å². The third-order valence-corrected chi connectivity index (χ3v) is 2.39. The van der Waals surface area contributed by atoms with Crippen molar-refractivity contribution in [3.8, 4) is 5.75 Å². The molecule has 0 aliphatic heterocycles.